The molecule has 0 aliphatic carbocycles. The Morgan fingerprint density at radius 2 is 1.40 bits per heavy atom. The second-order valence-corrected chi connectivity index (χ2v) is 5.34. The molecule has 0 amide bonds. The first kappa shape index (κ1) is 18.6. The number of esters is 1. The molecule has 0 fully saturated rings. The summed E-state index contributed by atoms with van der Waals surface area (Å²) < 4.78 is 5.35. The molecule has 5 heteroatoms. The van der Waals surface area contributed by atoms with E-state index < -0.39 is 11.6 Å². The van der Waals surface area contributed by atoms with E-state index in [9.17, 15) is 9.90 Å². The molecule has 0 bridgehead atoms. The molecule has 0 spiro atoms. The summed E-state index contributed by atoms with van der Waals surface area (Å²) in [5, 5.41) is 11.2. The molecule has 0 aliphatic heterocycles. The van der Waals surface area contributed by atoms with E-state index in [1.165, 1.54) is 0 Å². The number of rotatable bonds is 5. The maximum absolute atomic E-state index is 12.7. The fourth-order valence-corrected chi connectivity index (χ4v) is 2.49. The Morgan fingerprint density at radius 1 is 0.880 bits per heavy atom. The fourth-order valence-electron chi connectivity index (χ4n) is 2.49. The zero-order chi connectivity index (χ0) is 16.8. The quantitative estimate of drug-likeness (QED) is 0.712. The van der Waals surface area contributed by atoms with Gasteiger partial charge in [-0.05, 0) is 23.3 Å². The predicted molar refractivity (Wildman–Crippen MR) is 97.2 cm³/mol. The SMILES string of the molecule is Cl.O=C(OCc1ccccn1)C(O)(c1ccccc1)c1ccccc1. The molecule has 0 unspecified atom stereocenters. The van der Waals surface area contributed by atoms with Gasteiger partial charge < -0.3 is 9.84 Å². The van der Waals surface area contributed by atoms with Crippen LogP contribution in [-0.2, 0) is 21.7 Å². The van der Waals surface area contributed by atoms with Gasteiger partial charge >= 0.3 is 5.97 Å². The summed E-state index contributed by atoms with van der Waals surface area (Å²) in [5.74, 6) is -0.731. The van der Waals surface area contributed by atoms with Crippen LogP contribution in [-0.4, -0.2) is 16.1 Å². The highest BCUT2D eigenvalue weighted by molar-refractivity contribution is 5.85. The molecule has 2 aromatic carbocycles. The first-order valence-electron chi connectivity index (χ1n) is 7.62. The molecule has 3 aromatic rings. The number of hydrogen-bond donors (Lipinski definition) is 1. The van der Waals surface area contributed by atoms with Crippen LogP contribution in [0.25, 0.3) is 0 Å². The lowest BCUT2D eigenvalue weighted by Crippen LogP contribution is -2.38. The summed E-state index contributed by atoms with van der Waals surface area (Å²) in [6.07, 6.45) is 1.63. The Balaban J connectivity index is 0.00000225. The fraction of sp³-hybridized carbons (Fsp3) is 0.100. The molecule has 0 saturated heterocycles. The molecule has 0 aliphatic rings. The van der Waals surface area contributed by atoms with Gasteiger partial charge in [-0.1, -0.05) is 66.7 Å². The molecule has 25 heavy (non-hydrogen) atoms. The van der Waals surface area contributed by atoms with Crippen LogP contribution in [0, 0.1) is 0 Å². The highest BCUT2D eigenvalue weighted by Gasteiger charge is 2.41. The van der Waals surface area contributed by atoms with Gasteiger partial charge in [0.1, 0.15) is 6.61 Å². The van der Waals surface area contributed by atoms with Gasteiger partial charge in [-0.15, -0.1) is 12.4 Å². The topological polar surface area (TPSA) is 59.4 Å². The molecule has 0 atom stereocenters. The van der Waals surface area contributed by atoms with Crippen LogP contribution in [0.15, 0.2) is 85.1 Å². The second-order valence-electron chi connectivity index (χ2n) is 5.34. The molecule has 1 N–H and O–H groups in total. The van der Waals surface area contributed by atoms with E-state index in [0.717, 1.165) is 0 Å². The lowest BCUT2D eigenvalue weighted by molar-refractivity contribution is -0.163. The predicted octanol–water partition coefficient (Wildman–Crippen LogP) is 3.48. The molecule has 0 saturated carbocycles. The lowest BCUT2D eigenvalue weighted by Gasteiger charge is -2.27. The van der Waals surface area contributed by atoms with Gasteiger partial charge in [0.2, 0.25) is 5.60 Å². The number of nitrogens with zero attached hydrogens (tertiary/aromatic N) is 1. The third-order valence-electron chi connectivity index (χ3n) is 3.76. The van der Waals surface area contributed by atoms with E-state index in [2.05, 4.69) is 4.98 Å². The summed E-state index contributed by atoms with van der Waals surface area (Å²) in [6, 6.07) is 22.9. The van der Waals surface area contributed by atoms with Crippen molar-refractivity contribution in [2.24, 2.45) is 0 Å². The van der Waals surface area contributed by atoms with Crippen molar-refractivity contribution in [1.82, 2.24) is 4.98 Å². The normalized spacial score (nSPS) is 10.6. The number of hydrogen-bond acceptors (Lipinski definition) is 4. The van der Waals surface area contributed by atoms with Crippen LogP contribution in [0.5, 0.6) is 0 Å². The smallest absolute Gasteiger partial charge is 0.348 e. The van der Waals surface area contributed by atoms with Crippen LogP contribution < -0.4 is 0 Å². The Labute approximate surface area is 152 Å². The molecule has 128 valence electrons. The lowest BCUT2D eigenvalue weighted by atomic mass is 9.86. The van der Waals surface area contributed by atoms with Crippen molar-refractivity contribution in [2.45, 2.75) is 12.2 Å². The van der Waals surface area contributed by atoms with Crippen molar-refractivity contribution in [3.05, 3.63) is 102 Å². The van der Waals surface area contributed by atoms with Crippen molar-refractivity contribution in [3.8, 4) is 0 Å². The van der Waals surface area contributed by atoms with Crippen LogP contribution in [0.3, 0.4) is 0 Å². The number of carbonyl (C=O) groups is 1. The molecule has 1 heterocycles. The Kier molecular flexibility index (Phi) is 6.28. The van der Waals surface area contributed by atoms with Gasteiger partial charge in [-0.3, -0.25) is 4.98 Å². The van der Waals surface area contributed by atoms with E-state index in [1.807, 2.05) is 18.2 Å². The molecule has 1 aromatic heterocycles. The minimum Gasteiger partial charge on any atom is -0.457 e. The number of ether oxygens (including phenoxy) is 1. The van der Waals surface area contributed by atoms with Crippen molar-refractivity contribution in [3.63, 3.8) is 0 Å². The summed E-state index contributed by atoms with van der Waals surface area (Å²) in [7, 11) is 0. The first-order valence-corrected chi connectivity index (χ1v) is 7.62. The summed E-state index contributed by atoms with van der Waals surface area (Å²) in [4.78, 5) is 16.9. The molecule has 3 rings (SSSR count). The number of aliphatic hydroxyl groups is 1. The highest BCUT2D eigenvalue weighted by Crippen LogP contribution is 2.31. The van der Waals surface area contributed by atoms with Crippen LogP contribution in [0.2, 0.25) is 0 Å². The zero-order valence-electron chi connectivity index (χ0n) is 13.4. The molecule has 4 nitrogen and oxygen atoms in total. The number of carbonyl (C=O) groups excluding carboxylic acids is 1. The monoisotopic (exact) mass is 355 g/mol. The highest BCUT2D eigenvalue weighted by atomic mass is 35.5. The number of benzene rings is 2. The van der Waals surface area contributed by atoms with Crippen LogP contribution in [0.1, 0.15) is 16.8 Å². The molecular formula is C20H18ClNO3. The largest absolute Gasteiger partial charge is 0.457 e. The van der Waals surface area contributed by atoms with Crippen LogP contribution >= 0.6 is 12.4 Å². The summed E-state index contributed by atoms with van der Waals surface area (Å²) in [6.45, 7) is 0.00164. The third kappa shape index (κ3) is 4.05. The second kappa shape index (κ2) is 8.42. The van der Waals surface area contributed by atoms with Crippen molar-refractivity contribution >= 4 is 18.4 Å². The number of halogens is 1. The third-order valence-corrected chi connectivity index (χ3v) is 3.76. The van der Waals surface area contributed by atoms with Crippen LogP contribution in [0.4, 0.5) is 0 Å². The van der Waals surface area contributed by atoms with Gasteiger partial charge in [0.05, 0.1) is 5.69 Å². The molecular weight excluding hydrogens is 338 g/mol. The van der Waals surface area contributed by atoms with Crippen molar-refractivity contribution in [1.29, 1.82) is 0 Å². The average molecular weight is 356 g/mol. The Hall–Kier alpha value is -2.69. The first-order chi connectivity index (χ1) is 11.7. The van der Waals surface area contributed by atoms with Crippen molar-refractivity contribution in [2.75, 3.05) is 0 Å². The van der Waals surface area contributed by atoms with Crippen molar-refractivity contribution < 1.29 is 14.6 Å². The minimum absolute atomic E-state index is 0. The maximum Gasteiger partial charge on any atom is 0.348 e. The zero-order valence-corrected chi connectivity index (χ0v) is 14.2. The summed E-state index contributed by atoms with van der Waals surface area (Å²) >= 11 is 0. The van der Waals surface area contributed by atoms with Gasteiger partial charge in [0, 0.05) is 6.20 Å². The van der Waals surface area contributed by atoms with E-state index >= 15 is 0 Å². The minimum atomic E-state index is -1.86. The van der Waals surface area contributed by atoms with E-state index in [-0.39, 0.29) is 19.0 Å². The Morgan fingerprint density at radius 3 is 1.88 bits per heavy atom. The van der Waals surface area contributed by atoms with Gasteiger partial charge in [-0.2, -0.15) is 0 Å². The Bertz CT molecular complexity index is 755. The number of aromatic nitrogens is 1. The maximum atomic E-state index is 12.7. The average Bonchev–Trinajstić information content (AvgIpc) is 2.67. The number of pyridine rings is 1. The van der Waals surface area contributed by atoms with E-state index in [0.29, 0.717) is 16.8 Å². The van der Waals surface area contributed by atoms with Gasteiger partial charge in [0.25, 0.3) is 0 Å². The standard InChI is InChI=1S/C20H17NO3.ClH/c22-19(24-15-18-13-7-8-14-21-18)20(23,16-9-3-1-4-10-16)17-11-5-2-6-12-17;/h1-14,23H,15H2;1H. The van der Waals surface area contributed by atoms with E-state index in [4.69, 9.17) is 4.74 Å². The van der Waals surface area contributed by atoms with Gasteiger partial charge in [0.15, 0.2) is 0 Å². The van der Waals surface area contributed by atoms with E-state index in [1.54, 1.807) is 66.9 Å². The summed E-state index contributed by atoms with van der Waals surface area (Å²) in [5.41, 5.74) is -0.323. The van der Waals surface area contributed by atoms with Gasteiger partial charge in [-0.25, -0.2) is 4.79 Å². The molecule has 0 radical (unpaired) electrons.